The Bertz CT molecular complexity index is 1610. The van der Waals surface area contributed by atoms with Crippen LogP contribution < -0.4 is 4.90 Å². The average Bonchev–Trinajstić information content (AvgIpc) is 3.39. The molecule has 1 saturated heterocycles. The molecule has 3 aromatic carbocycles. The summed E-state index contributed by atoms with van der Waals surface area (Å²) in [6, 6.07) is 20.2. The molecule has 0 unspecified atom stereocenters. The maximum Gasteiger partial charge on any atom is 0.263 e. The second-order valence-electron chi connectivity index (χ2n) is 9.63. The Kier molecular flexibility index (Phi) is 6.45. The highest BCUT2D eigenvalue weighted by molar-refractivity contribution is 6.00. The Morgan fingerprint density at radius 2 is 1.71 bits per heavy atom. The van der Waals surface area contributed by atoms with E-state index in [0.29, 0.717) is 43.1 Å². The van der Waals surface area contributed by atoms with Crippen molar-refractivity contribution in [1.82, 2.24) is 20.0 Å². The molecule has 38 heavy (non-hydrogen) atoms. The van der Waals surface area contributed by atoms with Gasteiger partial charge < -0.3 is 14.3 Å². The number of unbranched alkanes of at least 4 members (excludes halogenated alkanes) is 1. The Morgan fingerprint density at radius 3 is 2.47 bits per heavy atom. The summed E-state index contributed by atoms with van der Waals surface area (Å²) in [4.78, 5) is 26.7. The van der Waals surface area contributed by atoms with E-state index < -0.39 is 0 Å². The molecule has 0 bridgehead atoms. The maximum absolute atomic E-state index is 13.3. The minimum absolute atomic E-state index is 0.0945. The number of nitrogens with zero attached hydrogens (tertiary/aromatic N) is 5. The molecule has 6 rings (SSSR count). The van der Waals surface area contributed by atoms with E-state index in [-0.39, 0.29) is 11.7 Å². The number of aryl methyl sites for hydroxylation is 1. The summed E-state index contributed by atoms with van der Waals surface area (Å²) < 4.78 is 19.1. The van der Waals surface area contributed by atoms with Gasteiger partial charge in [0.15, 0.2) is 0 Å². The normalized spacial score (nSPS) is 13.9. The Hall–Kier alpha value is -4.33. The zero-order valence-electron chi connectivity index (χ0n) is 21.2. The number of halogens is 1. The van der Waals surface area contributed by atoms with Crippen LogP contribution in [0.3, 0.4) is 0 Å². The third-order valence-electron chi connectivity index (χ3n) is 7.10. The first-order valence-corrected chi connectivity index (χ1v) is 13.1. The first-order chi connectivity index (χ1) is 18.6. The van der Waals surface area contributed by atoms with Gasteiger partial charge in [-0.05, 0) is 47.5 Å². The lowest BCUT2D eigenvalue weighted by atomic mass is 10.0. The molecule has 8 heteroatoms. The third-order valence-corrected chi connectivity index (χ3v) is 7.10. The highest BCUT2D eigenvalue weighted by Gasteiger charge is 2.27. The zero-order chi connectivity index (χ0) is 26.1. The Balaban J connectivity index is 1.34. The van der Waals surface area contributed by atoms with Crippen molar-refractivity contribution in [1.29, 1.82) is 0 Å². The molecular formula is C30H28FN5O2. The lowest BCUT2D eigenvalue weighted by Crippen LogP contribution is -2.49. The highest BCUT2D eigenvalue weighted by Crippen LogP contribution is 2.35. The van der Waals surface area contributed by atoms with Gasteiger partial charge in [0.25, 0.3) is 11.6 Å². The fourth-order valence-corrected chi connectivity index (χ4v) is 4.99. The van der Waals surface area contributed by atoms with Crippen LogP contribution in [0, 0.1) is 5.82 Å². The largest absolute Gasteiger partial charge is 0.352 e. The van der Waals surface area contributed by atoms with Crippen molar-refractivity contribution in [2.45, 2.75) is 26.2 Å². The molecule has 5 aromatic rings. The molecule has 1 aliphatic heterocycles. The quantitative estimate of drug-likeness (QED) is 0.284. The summed E-state index contributed by atoms with van der Waals surface area (Å²) in [6.45, 7) is 4.41. The van der Waals surface area contributed by atoms with Gasteiger partial charge in [-0.25, -0.2) is 9.37 Å². The van der Waals surface area contributed by atoms with Crippen LogP contribution in [0.4, 0.5) is 10.2 Å². The molecule has 0 aliphatic carbocycles. The van der Waals surface area contributed by atoms with E-state index in [2.05, 4.69) is 41.2 Å². The molecule has 1 aliphatic rings. The summed E-state index contributed by atoms with van der Waals surface area (Å²) in [7, 11) is 0. The summed E-state index contributed by atoms with van der Waals surface area (Å²) in [5.74, 6) is 1.08. The van der Waals surface area contributed by atoms with E-state index in [0.717, 1.165) is 52.6 Å². The van der Waals surface area contributed by atoms with E-state index >= 15 is 0 Å². The molecule has 0 N–H and O–H groups in total. The zero-order valence-corrected chi connectivity index (χ0v) is 21.2. The van der Waals surface area contributed by atoms with Crippen LogP contribution in [0.1, 0.15) is 35.9 Å². The van der Waals surface area contributed by atoms with E-state index in [1.54, 1.807) is 4.90 Å². The van der Waals surface area contributed by atoms with Crippen LogP contribution in [0.5, 0.6) is 0 Å². The lowest BCUT2D eigenvalue weighted by molar-refractivity contribution is 0.0746. The number of fused-ring (bicyclic) bond motifs is 2. The number of carbonyl (C=O) groups is 1. The summed E-state index contributed by atoms with van der Waals surface area (Å²) in [5.41, 5.74) is 2.63. The fourth-order valence-electron chi connectivity index (χ4n) is 4.99. The number of aromatic nitrogens is 3. The van der Waals surface area contributed by atoms with E-state index in [1.165, 1.54) is 24.3 Å². The smallest absolute Gasteiger partial charge is 0.263 e. The average molecular weight is 510 g/mol. The second kappa shape index (κ2) is 10.2. The van der Waals surface area contributed by atoms with Gasteiger partial charge in [-0.1, -0.05) is 54.9 Å². The minimum Gasteiger partial charge on any atom is -0.352 e. The maximum atomic E-state index is 13.3. The molecule has 7 nitrogen and oxygen atoms in total. The standard InChI is InChI=1S/C30H28FN5O2/c1-2-3-8-25-32-28(35-15-17-36(18-16-35)30(37)21-11-13-24(31)14-12-21)26-27(34-38-29(26)33-25)23-10-9-20-6-4-5-7-22(20)19-23/h4-7,9-14,19H,2-3,8,15-18H2,1H3. The second-order valence-corrected chi connectivity index (χ2v) is 9.63. The molecule has 0 atom stereocenters. The van der Waals surface area contributed by atoms with Crippen molar-refractivity contribution in [3.05, 3.63) is 83.9 Å². The number of hydrogen-bond donors (Lipinski definition) is 0. The van der Waals surface area contributed by atoms with Gasteiger partial charge in [0.1, 0.15) is 28.5 Å². The Labute approximate surface area is 219 Å². The minimum atomic E-state index is -0.353. The predicted molar refractivity (Wildman–Crippen MR) is 146 cm³/mol. The van der Waals surface area contributed by atoms with E-state index in [1.807, 2.05) is 18.2 Å². The number of piperazine rings is 1. The van der Waals surface area contributed by atoms with Crippen molar-refractivity contribution < 1.29 is 13.7 Å². The van der Waals surface area contributed by atoms with Crippen molar-refractivity contribution in [3.63, 3.8) is 0 Å². The molecule has 1 fully saturated rings. The number of anilines is 1. The number of benzene rings is 3. The van der Waals surface area contributed by atoms with Crippen LogP contribution in [0.25, 0.3) is 33.1 Å². The van der Waals surface area contributed by atoms with E-state index in [4.69, 9.17) is 14.5 Å². The third kappa shape index (κ3) is 4.58. The first-order valence-electron chi connectivity index (χ1n) is 13.1. The molecule has 192 valence electrons. The SMILES string of the molecule is CCCCc1nc(N2CCN(C(=O)c3ccc(F)cc3)CC2)c2c(-c3ccc4ccccc4c3)noc2n1. The summed E-state index contributed by atoms with van der Waals surface area (Å²) >= 11 is 0. The van der Waals surface area contributed by atoms with Crippen molar-refractivity contribution >= 4 is 33.6 Å². The van der Waals surface area contributed by atoms with Gasteiger partial charge in [0.05, 0.1) is 0 Å². The first kappa shape index (κ1) is 24.0. The van der Waals surface area contributed by atoms with E-state index in [9.17, 15) is 9.18 Å². The summed E-state index contributed by atoms with van der Waals surface area (Å²) in [6.07, 6.45) is 2.78. The van der Waals surface area contributed by atoms with Crippen molar-refractivity contribution in [2.75, 3.05) is 31.1 Å². The van der Waals surface area contributed by atoms with Crippen LogP contribution >= 0.6 is 0 Å². The van der Waals surface area contributed by atoms with Crippen LogP contribution in [0.2, 0.25) is 0 Å². The van der Waals surface area contributed by atoms with Crippen molar-refractivity contribution in [3.8, 4) is 11.3 Å². The van der Waals surface area contributed by atoms with Gasteiger partial charge in [-0.3, -0.25) is 4.79 Å². The van der Waals surface area contributed by atoms with Gasteiger partial charge >= 0.3 is 0 Å². The van der Waals surface area contributed by atoms with Crippen molar-refractivity contribution in [2.24, 2.45) is 0 Å². The molecule has 0 saturated carbocycles. The van der Waals surface area contributed by atoms with Gasteiger partial charge in [-0.2, -0.15) is 4.98 Å². The van der Waals surface area contributed by atoms with Gasteiger partial charge in [0.2, 0.25) is 0 Å². The number of amides is 1. The molecule has 0 radical (unpaired) electrons. The topological polar surface area (TPSA) is 75.4 Å². The molecule has 2 aromatic heterocycles. The number of rotatable bonds is 6. The summed E-state index contributed by atoms with van der Waals surface area (Å²) in [5, 5.41) is 7.51. The lowest BCUT2D eigenvalue weighted by Gasteiger charge is -2.35. The molecule has 0 spiro atoms. The van der Waals surface area contributed by atoms with Gasteiger partial charge in [0, 0.05) is 43.7 Å². The van der Waals surface area contributed by atoms with Crippen LogP contribution in [-0.4, -0.2) is 52.1 Å². The highest BCUT2D eigenvalue weighted by atomic mass is 19.1. The fraction of sp³-hybridized carbons (Fsp3) is 0.267. The molecular weight excluding hydrogens is 481 g/mol. The Morgan fingerprint density at radius 1 is 0.947 bits per heavy atom. The van der Waals surface area contributed by atoms with Crippen LogP contribution in [-0.2, 0) is 6.42 Å². The molecule has 3 heterocycles. The predicted octanol–water partition coefficient (Wildman–Crippen LogP) is 5.88. The monoisotopic (exact) mass is 509 g/mol. The van der Waals surface area contributed by atoms with Gasteiger partial charge in [-0.15, -0.1) is 0 Å². The molecule has 1 amide bonds. The number of carbonyl (C=O) groups excluding carboxylic acids is 1. The van der Waals surface area contributed by atoms with Crippen LogP contribution in [0.15, 0.2) is 71.3 Å². The number of hydrogen-bond acceptors (Lipinski definition) is 6.